The zero-order valence-electron chi connectivity index (χ0n) is 19.6. The molecule has 174 valence electrons. The van der Waals surface area contributed by atoms with Crippen LogP contribution in [0.1, 0.15) is 47.9 Å². The number of methoxy groups -OCH3 is 2. The molecule has 0 saturated heterocycles. The number of nitrogens with one attached hydrogen (secondary N) is 1. The van der Waals surface area contributed by atoms with Crippen LogP contribution in [0.5, 0.6) is 11.5 Å². The Labute approximate surface area is 194 Å². The molecule has 33 heavy (non-hydrogen) atoms. The molecule has 0 spiro atoms. The number of ether oxygens (including phenoxy) is 3. The van der Waals surface area contributed by atoms with Crippen LogP contribution >= 0.6 is 0 Å². The Bertz CT molecular complexity index is 1090. The van der Waals surface area contributed by atoms with Crippen LogP contribution in [0.4, 0.5) is 0 Å². The van der Waals surface area contributed by atoms with E-state index in [-0.39, 0.29) is 11.9 Å². The molecule has 7 heteroatoms. The number of H-pyrrole nitrogens is 1. The number of nitrogens with zero attached hydrogens (tertiary/aromatic N) is 2. The van der Waals surface area contributed by atoms with Crippen molar-refractivity contribution in [2.24, 2.45) is 5.92 Å². The van der Waals surface area contributed by atoms with Gasteiger partial charge in [-0.25, -0.2) is 0 Å². The van der Waals surface area contributed by atoms with Gasteiger partial charge in [-0.3, -0.25) is 9.89 Å². The Balaban J connectivity index is 1.75. The minimum Gasteiger partial charge on any atom is -0.493 e. The van der Waals surface area contributed by atoms with Gasteiger partial charge in [0.1, 0.15) is 5.69 Å². The van der Waals surface area contributed by atoms with Gasteiger partial charge in [-0.15, -0.1) is 0 Å². The summed E-state index contributed by atoms with van der Waals surface area (Å²) in [5.41, 5.74) is 4.07. The molecule has 0 radical (unpaired) electrons. The van der Waals surface area contributed by atoms with E-state index in [1.807, 2.05) is 53.4 Å². The summed E-state index contributed by atoms with van der Waals surface area (Å²) in [6.07, 6.45) is 0.964. The van der Waals surface area contributed by atoms with Gasteiger partial charge in [-0.1, -0.05) is 50.2 Å². The van der Waals surface area contributed by atoms with Crippen molar-refractivity contribution >= 4 is 5.91 Å². The Morgan fingerprint density at radius 1 is 1.06 bits per heavy atom. The first-order valence-corrected chi connectivity index (χ1v) is 11.3. The maximum atomic E-state index is 13.3. The van der Waals surface area contributed by atoms with E-state index in [1.165, 1.54) is 0 Å². The first-order chi connectivity index (χ1) is 16.0. The van der Waals surface area contributed by atoms with Crippen molar-refractivity contribution in [2.45, 2.75) is 26.3 Å². The Morgan fingerprint density at radius 2 is 1.85 bits per heavy atom. The standard InChI is InChI=1S/C26H31N3O4/c1-17(2)12-14-33-20-11-10-19(16-21(20)32-4)25-22-23(18-8-6-5-7-9-18)27-28-24(22)26(30)29(25)13-15-31-3/h5-11,16-17,25H,12-15H2,1-4H3,(H,27,28). The maximum Gasteiger partial charge on any atom is 0.273 e. The summed E-state index contributed by atoms with van der Waals surface area (Å²) in [6.45, 7) is 5.86. The Morgan fingerprint density at radius 3 is 2.55 bits per heavy atom. The average molecular weight is 450 g/mol. The van der Waals surface area contributed by atoms with Gasteiger partial charge in [0, 0.05) is 24.8 Å². The number of carbonyl (C=O) groups is 1. The summed E-state index contributed by atoms with van der Waals surface area (Å²) >= 11 is 0. The molecule has 0 bridgehead atoms. The molecule has 2 aromatic carbocycles. The molecule has 1 unspecified atom stereocenters. The van der Waals surface area contributed by atoms with Crippen molar-refractivity contribution in [3.8, 4) is 22.8 Å². The van der Waals surface area contributed by atoms with E-state index in [1.54, 1.807) is 14.2 Å². The number of carbonyl (C=O) groups excluding carboxylic acids is 1. The minimum absolute atomic E-state index is 0.0852. The van der Waals surface area contributed by atoms with Crippen LogP contribution in [0.3, 0.4) is 0 Å². The highest BCUT2D eigenvalue weighted by Crippen LogP contribution is 2.44. The van der Waals surface area contributed by atoms with Crippen molar-refractivity contribution in [1.29, 1.82) is 0 Å². The van der Waals surface area contributed by atoms with E-state index in [0.29, 0.717) is 42.9 Å². The molecule has 1 N–H and O–H groups in total. The highest BCUT2D eigenvalue weighted by molar-refractivity contribution is 6.00. The van der Waals surface area contributed by atoms with Gasteiger partial charge in [-0.2, -0.15) is 5.10 Å². The molecule has 4 rings (SSSR count). The van der Waals surface area contributed by atoms with Gasteiger partial charge in [0.2, 0.25) is 0 Å². The number of rotatable bonds is 10. The van der Waals surface area contributed by atoms with Gasteiger partial charge in [0.25, 0.3) is 5.91 Å². The largest absolute Gasteiger partial charge is 0.493 e. The number of benzene rings is 2. The van der Waals surface area contributed by atoms with Crippen molar-refractivity contribution in [1.82, 2.24) is 15.1 Å². The highest BCUT2D eigenvalue weighted by atomic mass is 16.5. The number of amides is 1. The molecule has 0 fully saturated rings. The van der Waals surface area contributed by atoms with E-state index in [4.69, 9.17) is 14.2 Å². The maximum absolute atomic E-state index is 13.3. The lowest BCUT2D eigenvalue weighted by atomic mass is 9.95. The molecule has 1 atom stereocenters. The monoisotopic (exact) mass is 449 g/mol. The van der Waals surface area contributed by atoms with E-state index >= 15 is 0 Å². The summed E-state index contributed by atoms with van der Waals surface area (Å²) in [5, 5.41) is 7.49. The Hall–Kier alpha value is -3.32. The van der Waals surface area contributed by atoms with Crippen molar-refractivity contribution < 1.29 is 19.0 Å². The van der Waals surface area contributed by atoms with Crippen LogP contribution < -0.4 is 9.47 Å². The summed E-state index contributed by atoms with van der Waals surface area (Å²) in [7, 11) is 3.27. The molecule has 0 saturated carbocycles. The molecule has 3 aromatic rings. The third kappa shape index (κ3) is 4.59. The second kappa shape index (κ2) is 10.1. The smallest absolute Gasteiger partial charge is 0.273 e. The lowest BCUT2D eigenvalue weighted by molar-refractivity contribution is 0.0677. The lowest BCUT2D eigenvalue weighted by Gasteiger charge is -2.26. The van der Waals surface area contributed by atoms with Crippen molar-refractivity contribution in [3.05, 3.63) is 65.4 Å². The zero-order valence-corrected chi connectivity index (χ0v) is 19.6. The van der Waals surface area contributed by atoms with Crippen molar-refractivity contribution in [3.63, 3.8) is 0 Å². The topological polar surface area (TPSA) is 76.7 Å². The molecule has 1 aromatic heterocycles. The van der Waals surface area contributed by atoms with E-state index in [2.05, 4.69) is 24.0 Å². The fraction of sp³-hybridized carbons (Fsp3) is 0.385. The van der Waals surface area contributed by atoms with E-state index in [9.17, 15) is 4.79 Å². The quantitative estimate of drug-likeness (QED) is 0.485. The predicted molar refractivity (Wildman–Crippen MR) is 127 cm³/mol. The molecule has 1 aliphatic rings. The van der Waals surface area contributed by atoms with Crippen molar-refractivity contribution in [2.75, 3.05) is 34.0 Å². The average Bonchev–Trinajstić information content (AvgIpc) is 3.37. The fourth-order valence-electron chi connectivity index (χ4n) is 4.16. The molecule has 0 aliphatic carbocycles. The van der Waals surface area contributed by atoms with Crippen LogP contribution in [0.2, 0.25) is 0 Å². The second-order valence-electron chi connectivity index (χ2n) is 8.56. The van der Waals surface area contributed by atoms with Gasteiger partial charge in [0.15, 0.2) is 11.5 Å². The summed E-state index contributed by atoms with van der Waals surface area (Å²) in [5.74, 6) is 1.82. The zero-order chi connectivity index (χ0) is 23.4. The van der Waals surface area contributed by atoms with Crippen LogP contribution in [0.25, 0.3) is 11.3 Å². The van der Waals surface area contributed by atoms with Gasteiger partial charge >= 0.3 is 0 Å². The Kier molecular flexibility index (Phi) is 6.99. The molecular formula is C26H31N3O4. The van der Waals surface area contributed by atoms with Crippen LogP contribution in [0, 0.1) is 5.92 Å². The number of hydrogen-bond acceptors (Lipinski definition) is 5. The van der Waals surface area contributed by atoms with E-state index in [0.717, 1.165) is 28.8 Å². The van der Waals surface area contributed by atoms with Crippen LogP contribution in [0.15, 0.2) is 48.5 Å². The number of hydrogen-bond donors (Lipinski definition) is 1. The number of fused-ring (bicyclic) bond motifs is 1. The fourth-order valence-corrected chi connectivity index (χ4v) is 4.16. The van der Waals surface area contributed by atoms with E-state index < -0.39 is 0 Å². The third-order valence-electron chi connectivity index (χ3n) is 5.90. The predicted octanol–water partition coefficient (Wildman–Crippen LogP) is 4.70. The molecular weight excluding hydrogens is 418 g/mol. The SMILES string of the molecule is COCCN1C(=O)c2[nH]nc(-c3ccccc3)c2C1c1ccc(OCCC(C)C)c(OC)c1. The number of aromatic nitrogens is 2. The van der Waals surface area contributed by atoms with Crippen LogP contribution in [-0.2, 0) is 4.74 Å². The third-order valence-corrected chi connectivity index (χ3v) is 5.90. The summed E-state index contributed by atoms with van der Waals surface area (Å²) in [4.78, 5) is 15.1. The van der Waals surface area contributed by atoms with Crippen LogP contribution in [-0.4, -0.2) is 55.0 Å². The number of aromatic amines is 1. The second-order valence-corrected chi connectivity index (χ2v) is 8.56. The molecule has 7 nitrogen and oxygen atoms in total. The first-order valence-electron chi connectivity index (χ1n) is 11.3. The normalized spacial score (nSPS) is 15.2. The minimum atomic E-state index is -0.310. The van der Waals surface area contributed by atoms with Gasteiger partial charge < -0.3 is 19.1 Å². The summed E-state index contributed by atoms with van der Waals surface area (Å²) < 4.78 is 16.9. The molecule has 1 amide bonds. The summed E-state index contributed by atoms with van der Waals surface area (Å²) in [6, 6.07) is 15.5. The highest BCUT2D eigenvalue weighted by Gasteiger charge is 2.42. The lowest BCUT2D eigenvalue weighted by Crippen LogP contribution is -2.32. The molecule has 1 aliphatic heterocycles. The van der Waals surface area contributed by atoms with Gasteiger partial charge in [0.05, 0.1) is 32.1 Å². The van der Waals surface area contributed by atoms with Gasteiger partial charge in [-0.05, 0) is 30.0 Å². The molecule has 2 heterocycles. The first kappa shape index (κ1) is 22.9.